The molecule has 7 heteroatoms. The summed E-state index contributed by atoms with van der Waals surface area (Å²) in [5.74, 6) is 1.12. The highest BCUT2D eigenvalue weighted by Gasteiger charge is 2.15. The van der Waals surface area contributed by atoms with Crippen molar-refractivity contribution in [1.29, 1.82) is 0 Å². The Morgan fingerprint density at radius 1 is 1.31 bits per heavy atom. The second-order valence-electron chi connectivity index (χ2n) is 3.00. The molecule has 84 valence electrons. The molecule has 1 aromatic carbocycles. The van der Waals surface area contributed by atoms with E-state index in [2.05, 4.69) is 10.2 Å². The van der Waals surface area contributed by atoms with Gasteiger partial charge in [0.15, 0.2) is 11.5 Å². The van der Waals surface area contributed by atoms with E-state index < -0.39 is 0 Å². The smallest absolute Gasteiger partial charge is 0.231 e. The molecule has 6 nitrogen and oxygen atoms in total. The summed E-state index contributed by atoms with van der Waals surface area (Å²) in [7, 11) is 0. The number of nitrogens with two attached hydrogens (primary N) is 2. The van der Waals surface area contributed by atoms with Crippen molar-refractivity contribution in [2.75, 3.05) is 6.79 Å². The van der Waals surface area contributed by atoms with Crippen molar-refractivity contribution >= 4 is 23.8 Å². The Labute approximate surface area is 96.5 Å². The Balaban J connectivity index is 2.28. The number of benzene rings is 1. The van der Waals surface area contributed by atoms with Crippen molar-refractivity contribution in [3.8, 4) is 11.5 Å². The van der Waals surface area contributed by atoms with Crippen LogP contribution in [0.4, 0.5) is 0 Å². The molecule has 0 unspecified atom stereocenters. The molecular weight excluding hydrogens is 232 g/mol. The number of nitrogens with zero attached hydrogens (tertiary/aromatic N) is 2. The van der Waals surface area contributed by atoms with E-state index in [1.807, 2.05) is 0 Å². The lowest BCUT2D eigenvalue weighted by Gasteiger charge is -2.00. The number of rotatable bonds is 2. The summed E-state index contributed by atoms with van der Waals surface area (Å²) in [4.78, 5) is 0. The maximum atomic E-state index is 5.99. The van der Waals surface area contributed by atoms with Gasteiger partial charge in [0, 0.05) is 11.6 Å². The minimum absolute atomic E-state index is 0.117. The predicted molar refractivity (Wildman–Crippen MR) is 61.0 cm³/mol. The van der Waals surface area contributed by atoms with Gasteiger partial charge in [-0.25, -0.2) is 0 Å². The largest absolute Gasteiger partial charge is 0.454 e. The maximum absolute atomic E-state index is 5.99. The predicted octanol–water partition coefficient (Wildman–Crippen LogP) is 0.676. The number of hydrogen-bond donors (Lipinski definition) is 2. The van der Waals surface area contributed by atoms with Crippen molar-refractivity contribution in [2.24, 2.45) is 21.7 Å². The molecule has 0 fully saturated rings. The van der Waals surface area contributed by atoms with Gasteiger partial charge in [-0.3, -0.25) is 0 Å². The number of ether oxygens (including phenoxy) is 2. The molecule has 4 N–H and O–H groups in total. The molecule has 0 atom stereocenters. The summed E-state index contributed by atoms with van der Waals surface area (Å²) in [6.45, 7) is 0.195. The summed E-state index contributed by atoms with van der Waals surface area (Å²) in [6, 6.07) is 3.36. The summed E-state index contributed by atoms with van der Waals surface area (Å²) < 4.78 is 10.4. The molecule has 2 rings (SSSR count). The van der Waals surface area contributed by atoms with Gasteiger partial charge in [0.25, 0.3) is 0 Å². The average Bonchev–Trinajstić information content (AvgIpc) is 2.64. The van der Waals surface area contributed by atoms with E-state index in [0.29, 0.717) is 22.1 Å². The van der Waals surface area contributed by atoms with E-state index in [1.165, 1.54) is 6.21 Å². The SMILES string of the molecule is NC(N)=NN=Cc1cc2c(cc1Cl)OCO2. The number of fused-ring (bicyclic) bond motifs is 1. The Hall–Kier alpha value is -1.95. The first kappa shape index (κ1) is 10.6. The van der Waals surface area contributed by atoms with Gasteiger partial charge in [0.05, 0.1) is 11.2 Å². The van der Waals surface area contributed by atoms with Crippen LogP contribution in [0.15, 0.2) is 22.3 Å². The first-order valence-corrected chi connectivity index (χ1v) is 4.76. The van der Waals surface area contributed by atoms with E-state index >= 15 is 0 Å². The molecule has 0 bridgehead atoms. The van der Waals surface area contributed by atoms with E-state index in [4.69, 9.17) is 32.5 Å². The van der Waals surface area contributed by atoms with E-state index in [9.17, 15) is 0 Å². The summed E-state index contributed by atoms with van der Waals surface area (Å²) in [5.41, 5.74) is 10.9. The van der Waals surface area contributed by atoms with Crippen LogP contribution in [-0.4, -0.2) is 19.0 Å². The summed E-state index contributed by atoms with van der Waals surface area (Å²) >= 11 is 5.99. The maximum Gasteiger partial charge on any atom is 0.231 e. The Kier molecular flexibility index (Phi) is 2.82. The van der Waals surface area contributed by atoms with Crippen molar-refractivity contribution in [3.63, 3.8) is 0 Å². The molecule has 0 radical (unpaired) electrons. The minimum atomic E-state index is -0.117. The topological polar surface area (TPSA) is 95.2 Å². The molecule has 0 aliphatic carbocycles. The zero-order valence-corrected chi connectivity index (χ0v) is 8.94. The van der Waals surface area contributed by atoms with Crippen LogP contribution in [0.25, 0.3) is 0 Å². The van der Waals surface area contributed by atoms with Crippen LogP contribution in [-0.2, 0) is 0 Å². The van der Waals surface area contributed by atoms with E-state index in [1.54, 1.807) is 12.1 Å². The molecule has 0 spiro atoms. The van der Waals surface area contributed by atoms with Crippen LogP contribution in [0.5, 0.6) is 11.5 Å². The van der Waals surface area contributed by atoms with Crippen LogP contribution >= 0.6 is 11.6 Å². The molecule has 1 aliphatic heterocycles. The quantitative estimate of drug-likeness (QED) is 0.451. The van der Waals surface area contributed by atoms with Gasteiger partial charge in [-0.2, -0.15) is 5.10 Å². The van der Waals surface area contributed by atoms with Gasteiger partial charge in [-0.1, -0.05) is 11.6 Å². The molecule has 16 heavy (non-hydrogen) atoms. The fourth-order valence-electron chi connectivity index (χ4n) is 1.19. The Morgan fingerprint density at radius 3 is 2.69 bits per heavy atom. The third kappa shape index (κ3) is 2.17. The lowest BCUT2D eigenvalue weighted by molar-refractivity contribution is 0.174. The Bertz CT molecular complexity index is 469. The molecule has 0 aromatic heterocycles. The van der Waals surface area contributed by atoms with Crippen LogP contribution in [0, 0.1) is 0 Å². The summed E-state index contributed by atoms with van der Waals surface area (Å²) in [6.07, 6.45) is 1.43. The highest BCUT2D eigenvalue weighted by atomic mass is 35.5. The number of guanidine groups is 1. The third-order valence-corrected chi connectivity index (χ3v) is 2.19. The van der Waals surface area contributed by atoms with E-state index in [0.717, 1.165) is 0 Å². The van der Waals surface area contributed by atoms with Gasteiger partial charge in [-0.05, 0) is 6.07 Å². The third-order valence-electron chi connectivity index (χ3n) is 1.86. The van der Waals surface area contributed by atoms with Crippen LogP contribution in [0.2, 0.25) is 5.02 Å². The van der Waals surface area contributed by atoms with Gasteiger partial charge >= 0.3 is 0 Å². The van der Waals surface area contributed by atoms with E-state index in [-0.39, 0.29) is 12.8 Å². The standard InChI is InChI=1S/C9H9ClN4O2/c10-6-2-8-7(15-4-16-8)1-5(6)3-13-14-9(11)12/h1-3H,4H2,(H4,11,12,14). The van der Waals surface area contributed by atoms with Crippen LogP contribution in [0.3, 0.4) is 0 Å². The number of hydrogen-bond acceptors (Lipinski definition) is 4. The zero-order chi connectivity index (χ0) is 11.5. The molecule has 1 aromatic rings. The zero-order valence-electron chi connectivity index (χ0n) is 8.18. The second-order valence-corrected chi connectivity index (χ2v) is 3.40. The monoisotopic (exact) mass is 240 g/mol. The molecule has 1 heterocycles. The fourth-order valence-corrected chi connectivity index (χ4v) is 1.39. The average molecular weight is 241 g/mol. The highest BCUT2D eigenvalue weighted by molar-refractivity contribution is 6.33. The molecule has 1 aliphatic rings. The first-order chi connectivity index (χ1) is 7.66. The first-order valence-electron chi connectivity index (χ1n) is 4.38. The van der Waals surface area contributed by atoms with Gasteiger partial charge in [0.2, 0.25) is 12.8 Å². The highest BCUT2D eigenvalue weighted by Crippen LogP contribution is 2.36. The van der Waals surface area contributed by atoms with Crippen LogP contribution in [0.1, 0.15) is 5.56 Å². The second kappa shape index (κ2) is 4.28. The molecule has 0 saturated carbocycles. The van der Waals surface area contributed by atoms with Gasteiger partial charge in [-0.15, -0.1) is 5.10 Å². The molecular formula is C9H9ClN4O2. The molecule has 0 amide bonds. The lowest BCUT2D eigenvalue weighted by atomic mass is 10.2. The van der Waals surface area contributed by atoms with Gasteiger partial charge in [0.1, 0.15) is 0 Å². The lowest BCUT2D eigenvalue weighted by Crippen LogP contribution is -2.21. The fraction of sp³-hybridized carbons (Fsp3) is 0.111. The van der Waals surface area contributed by atoms with Crippen LogP contribution < -0.4 is 20.9 Å². The number of halogens is 1. The molecule has 0 saturated heterocycles. The normalized spacial score (nSPS) is 13.1. The Morgan fingerprint density at radius 2 is 2.00 bits per heavy atom. The van der Waals surface area contributed by atoms with Crippen molar-refractivity contribution in [1.82, 2.24) is 0 Å². The minimum Gasteiger partial charge on any atom is -0.454 e. The van der Waals surface area contributed by atoms with Crippen molar-refractivity contribution < 1.29 is 9.47 Å². The van der Waals surface area contributed by atoms with Crippen molar-refractivity contribution in [2.45, 2.75) is 0 Å². The summed E-state index contributed by atoms with van der Waals surface area (Å²) in [5, 5.41) is 7.61. The van der Waals surface area contributed by atoms with Gasteiger partial charge < -0.3 is 20.9 Å². The van der Waals surface area contributed by atoms with Crippen molar-refractivity contribution in [3.05, 3.63) is 22.7 Å².